The number of aryl methyl sites for hydroxylation is 1. The maximum atomic E-state index is 4.51. The molecule has 0 saturated heterocycles. The van der Waals surface area contributed by atoms with Crippen LogP contribution in [0.5, 0.6) is 0 Å². The summed E-state index contributed by atoms with van der Waals surface area (Å²) < 4.78 is 0. The monoisotopic (exact) mass is 262 g/mol. The van der Waals surface area contributed by atoms with Crippen molar-refractivity contribution in [2.45, 2.75) is 26.3 Å². The molecule has 0 aliphatic heterocycles. The molecule has 0 atom stereocenters. The minimum atomic E-state index is 0.809. The quantitative estimate of drug-likeness (QED) is 0.839. The summed E-state index contributed by atoms with van der Waals surface area (Å²) in [6, 6.07) is 6.11. The van der Waals surface area contributed by atoms with Gasteiger partial charge in [-0.2, -0.15) is 0 Å². The zero-order valence-corrected chi connectivity index (χ0v) is 11.5. The van der Waals surface area contributed by atoms with E-state index in [1.165, 1.54) is 4.88 Å². The molecular weight excluding hydrogens is 244 g/mol. The van der Waals surface area contributed by atoms with Crippen LogP contribution in [0.25, 0.3) is 0 Å². The Morgan fingerprint density at radius 3 is 2.78 bits per heavy atom. The van der Waals surface area contributed by atoms with Crippen LogP contribution < -0.4 is 10.6 Å². The van der Waals surface area contributed by atoms with Crippen molar-refractivity contribution in [2.24, 2.45) is 0 Å². The highest BCUT2D eigenvalue weighted by Crippen LogP contribution is 2.15. The molecule has 0 unspecified atom stereocenters. The van der Waals surface area contributed by atoms with E-state index in [1.54, 1.807) is 11.3 Å². The second kappa shape index (κ2) is 6.35. The lowest BCUT2D eigenvalue weighted by molar-refractivity contribution is 0.835. The SMILES string of the molecule is CCCc1nc(NC)cc(NCc2cccs2)n1. The fourth-order valence-electron chi connectivity index (χ4n) is 1.64. The predicted octanol–water partition coefficient (Wildman–Crippen LogP) is 3.14. The largest absolute Gasteiger partial charge is 0.373 e. The summed E-state index contributed by atoms with van der Waals surface area (Å²) in [6.07, 6.45) is 1.96. The van der Waals surface area contributed by atoms with E-state index in [2.05, 4.69) is 45.0 Å². The van der Waals surface area contributed by atoms with E-state index >= 15 is 0 Å². The van der Waals surface area contributed by atoms with E-state index in [4.69, 9.17) is 0 Å². The van der Waals surface area contributed by atoms with Gasteiger partial charge in [0.1, 0.15) is 17.5 Å². The van der Waals surface area contributed by atoms with E-state index < -0.39 is 0 Å². The number of aromatic nitrogens is 2. The van der Waals surface area contributed by atoms with E-state index in [9.17, 15) is 0 Å². The van der Waals surface area contributed by atoms with Crippen LogP contribution in [0.2, 0.25) is 0 Å². The molecule has 0 spiro atoms. The van der Waals surface area contributed by atoms with Crippen molar-refractivity contribution in [2.75, 3.05) is 17.7 Å². The number of hydrogen-bond donors (Lipinski definition) is 2. The van der Waals surface area contributed by atoms with Gasteiger partial charge in [-0.15, -0.1) is 11.3 Å². The number of rotatable bonds is 6. The number of nitrogens with one attached hydrogen (secondary N) is 2. The zero-order chi connectivity index (χ0) is 12.8. The summed E-state index contributed by atoms with van der Waals surface area (Å²) in [4.78, 5) is 10.2. The van der Waals surface area contributed by atoms with Crippen LogP contribution in [0.1, 0.15) is 24.0 Å². The Morgan fingerprint density at radius 1 is 1.28 bits per heavy atom. The van der Waals surface area contributed by atoms with Crippen molar-refractivity contribution in [1.82, 2.24) is 9.97 Å². The van der Waals surface area contributed by atoms with Crippen molar-refractivity contribution in [3.63, 3.8) is 0 Å². The van der Waals surface area contributed by atoms with E-state index in [1.807, 2.05) is 13.1 Å². The topological polar surface area (TPSA) is 49.8 Å². The van der Waals surface area contributed by atoms with Gasteiger partial charge < -0.3 is 10.6 Å². The molecule has 96 valence electrons. The van der Waals surface area contributed by atoms with Gasteiger partial charge in [-0.1, -0.05) is 13.0 Å². The number of anilines is 2. The first kappa shape index (κ1) is 12.8. The van der Waals surface area contributed by atoms with E-state index in [-0.39, 0.29) is 0 Å². The zero-order valence-electron chi connectivity index (χ0n) is 10.7. The fourth-order valence-corrected chi connectivity index (χ4v) is 2.29. The summed E-state index contributed by atoms with van der Waals surface area (Å²) in [7, 11) is 1.88. The molecule has 0 fully saturated rings. The normalized spacial score (nSPS) is 10.3. The van der Waals surface area contributed by atoms with Gasteiger partial charge in [0.25, 0.3) is 0 Å². The Hall–Kier alpha value is -1.62. The highest BCUT2D eigenvalue weighted by Gasteiger charge is 2.03. The Labute approximate surface area is 111 Å². The maximum Gasteiger partial charge on any atom is 0.133 e. The van der Waals surface area contributed by atoms with Crippen LogP contribution >= 0.6 is 11.3 Å². The summed E-state index contributed by atoms with van der Waals surface area (Å²) in [5.41, 5.74) is 0. The molecule has 2 rings (SSSR count). The minimum absolute atomic E-state index is 0.809. The van der Waals surface area contributed by atoms with Gasteiger partial charge in [0.15, 0.2) is 0 Å². The third-order valence-corrected chi connectivity index (χ3v) is 3.40. The molecule has 0 amide bonds. The molecule has 0 aromatic carbocycles. The first-order valence-corrected chi connectivity index (χ1v) is 7.01. The van der Waals surface area contributed by atoms with Crippen LogP contribution in [-0.2, 0) is 13.0 Å². The first-order valence-electron chi connectivity index (χ1n) is 6.13. The molecule has 2 aromatic heterocycles. The van der Waals surface area contributed by atoms with Crippen molar-refractivity contribution in [3.05, 3.63) is 34.3 Å². The van der Waals surface area contributed by atoms with Crippen LogP contribution in [0.15, 0.2) is 23.6 Å². The van der Waals surface area contributed by atoms with Crippen molar-refractivity contribution < 1.29 is 0 Å². The van der Waals surface area contributed by atoms with E-state index in [0.717, 1.165) is 36.8 Å². The highest BCUT2D eigenvalue weighted by atomic mass is 32.1. The Kier molecular flexibility index (Phi) is 4.52. The van der Waals surface area contributed by atoms with Gasteiger partial charge in [-0.3, -0.25) is 0 Å². The summed E-state index contributed by atoms with van der Waals surface area (Å²) in [5, 5.41) is 8.49. The molecule has 5 heteroatoms. The Balaban J connectivity index is 2.08. The van der Waals surface area contributed by atoms with E-state index in [0.29, 0.717) is 0 Å². The van der Waals surface area contributed by atoms with Gasteiger partial charge >= 0.3 is 0 Å². The van der Waals surface area contributed by atoms with Gasteiger partial charge in [0, 0.05) is 24.4 Å². The smallest absolute Gasteiger partial charge is 0.133 e. The third-order valence-electron chi connectivity index (χ3n) is 2.53. The standard InChI is InChI=1S/C13H18N4S/c1-3-5-11-16-12(14-2)8-13(17-11)15-9-10-6-4-7-18-10/h4,6-8H,3,5,9H2,1-2H3,(H2,14,15,16,17). The van der Waals surface area contributed by atoms with Gasteiger partial charge in [-0.25, -0.2) is 9.97 Å². The molecule has 2 N–H and O–H groups in total. The fraction of sp³-hybridized carbons (Fsp3) is 0.385. The number of hydrogen-bond acceptors (Lipinski definition) is 5. The summed E-state index contributed by atoms with van der Waals surface area (Å²) in [5.74, 6) is 2.63. The molecule has 0 radical (unpaired) electrons. The summed E-state index contributed by atoms with van der Waals surface area (Å²) in [6.45, 7) is 2.94. The number of thiophene rings is 1. The molecule has 2 heterocycles. The molecule has 0 saturated carbocycles. The van der Waals surface area contributed by atoms with Crippen LogP contribution in [0.3, 0.4) is 0 Å². The third kappa shape index (κ3) is 3.43. The Morgan fingerprint density at radius 2 is 2.11 bits per heavy atom. The predicted molar refractivity (Wildman–Crippen MR) is 77.2 cm³/mol. The van der Waals surface area contributed by atoms with Crippen molar-refractivity contribution in [3.8, 4) is 0 Å². The minimum Gasteiger partial charge on any atom is -0.373 e. The lowest BCUT2D eigenvalue weighted by Crippen LogP contribution is -2.06. The maximum absolute atomic E-state index is 4.51. The van der Waals surface area contributed by atoms with Crippen LogP contribution in [0, 0.1) is 0 Å². The molecule has 0 bridgehead atoms. The second-order valence-corrected chi connectivity index (χ2v) is 5.02. The molecule has 4 nitrogen and oxygen atoms in total. The van der Waals surface area contributed by atoms with Crippen molar-refractivity contribution >= 4 is 23.0 Å². The molecule has 0 aliphatic carbocycles. The van der Waals surface area contributed by atoms with Gasteiger partial charge in [0.05, 0.1) is 6.54 Å². The average Bonchev–Trinajstić information content (AvgIpc) is 2.89. The Bertz CT molecular complexity index is 482. The van der Waals surface area contributed by atoms with Crippen LogP contribution in [0.4, 0.5) is 11.6 Å². The molecule has 2 aromatic rings. The highest BCUT2D eigenvalue weighted by molar-refractivity contribution is 7.09. The molecule has 0 aliphatic rings. The van der Waals surface area contributed by atoms with Gasteiger partial charge in [-0.05, 0) is 17.9 Å². The lowest BCUT2D eigenvalue weighted by Gasteiger charge is -2.08. The lowest BCUT2D eigenvalue weighted by atomic mass is 10.3. The average molecular weight is 262 g/mol. The second-order valence-electron chi connectivity index (χ2n) is 3.99. The number of nitrogens with zero attached hydrogens (tertiary/aromatic N) is 2. The van der Waals surface area contributed by atoms with Crippen LogP contribution in [-0.4, -0.2) is 17.0 Å². The van der Waals surface area contributed by atoms with Gasteiger partial charge in [0.2, 0.25) is 0 Å². The first-order chi connectivity index (χ1) is 8.81. The van der Waals surface area contributed by atoms with Crippen molar-refractivity contribution in [1.29, 1.82) is 0 Å². The molecular formula is C13H18N4S. The summed E-state index contributed by atoms with van der Waals surface area (Å²) >= 11 is 1.75. The molecule has 18 heavy (non-hydrogen) atoms.